The van der Waals surface area contributed by atoms with E-state index in [1.165, 1.54) is 24.3 Å². The number of carbonyl (C=O) groups excluding carboxylic acids is 1. The predicted octanol–water partition coefficient (Wildman–Crippen LogP) is 3.79. The van der Waals surface area contributed by atoms with Crippen molar-refractivity contribution in [3.63, 3.8) is 0 Å². The molecule has 1 aliphatic heterocycles. The molecule has 1 saturated heterocycles. The van der Waals surface area contributed by atoms with E-state index in [0.717, 1.165) is 41.7 Å². The number of ether oxygens (including phenoxy) is 1. The van der Waals surface area contributed by atoms with Crippen LogP contribution in [0.4, 0.5) is 10.1 Å². The average molecular weight is 503 g/mol. The summed E-state index contributed by atoms with van der Waals surface area (Å²) in [6.45, 7) is 1.76. The van der Waals surface area contributed by atoms with E-state index in [2.05, 4.69) is 31.7 Å². The number of piperidine rings is 1. The van der Waals surface area contributed by atoms with Crippen molar-refractivity contribution in [3.05, 3.63) is 64.5 Å². The molecular formula is C23H24BrFN4O3. The highest BCUT2D eigenvalue weighted by Gasteiger charge is 2.22. The smallest absolute Gasteiger partial charge is 0.257 e. The van der Waals surface area contributed by atoms with Gasteiger partial charge in [-0.05, 0) is 71.2 Å². The summed E-state index contributed by atoms with van der Waals surface area (Å²) in [5.74, 6) is -0.367. The number of nitrogens with one attached hydrogen (secondary N) is 2. The SMILES string of the molecule is Cn1ncc(Br)c1-c1cc(NC(=O)C(O)c2ccc(F)cc2)ccc1OC1CCCNC1. The number of halogens is 2. The van der Waals surface area contributed by atoms with Gasteiger partial charge in [-0.2, -0.15) is 5.10 Å². The first-order valence-electron chi connectivity index (χ1n) is 10.4. The molecule has 3 aromatic rings. The third-order valence-corrected chi connectivity index (χ3v) is 5.96. The number of benzene rings is 2. The molecule has 1 amide bonds. The quantitative estimate of drug-likeness (QED) is 0.477. The highest BCUT2D eigenvalue weighted by Crippen LogP contribution is 2.37. The van der Waals surface area contributed by atoms with Gasteiger partial charge >= 0.3 is 0 Å². The zero-order valence-corrected chi connectivity index (χ0v) is 19.1. The van der Waals surface area contributed by atoms with Gasteiger partial charge in [-0.3, -0.25) is 9.48 Å². The van der Waals surface area contributed by atoms with Crippen LogP contribution in [0.25, 0.3) is 11.3 Å². The summed E-state index contributed by atoms with van der Waals surface area (Å²) in [6.07, 6.45) is 2.33. The molecule has 2 heterocycles. The van der Waals surface area contributed by atoms with E-state index in [1.54, 1.807) is 23.0 Å². The number of nitrogens with zero attached hydrogens (tertiary/aromatic N) is 2. The first kappa shape index (κ1) is 22.4. The molecule has 2 aromatic carbocycles. The Balaban J connectivity index is 1.61. The summed E-state index contributed by atoms with van der Waals surface area (Å²) in [7, 11) is 1.83. The second kappa shape index (κ2) is 9.81. The van der Waals surface area contributed by atoms with Crippen molar-refractivity contribution in [3.8, 4) is 17.0 Å². The molecule has 2 unspecified atom stereocenters. The molecular weight excluding hydrogens is 479 g/mol. The molecule has 3 N–H and O–H groups in total. The van der Waals surface area contributed by atoms with Crippen LogP contribution in [0.15, 0.2) is 53.1 Å². The van der Waals surface area contributed by atoms with Crippen LogP contribution in [-0.4, -0.2) is 40.0 Å². The van der Waals surface area contributed by atoms with E-state index in [0.29, 0.717) is 17.0 Å². The van der Waals surface area contributed by atoms with Gasteiger partial charge in [-0.1, -0.05) is 12.1 Å². The molecule has 0 radical (unpaired) electrons. The lowest BCUT2D eigenvalue weighted by Crippen LogP contribution is -2.37. The molecule has 0 aliphatic carbocycles. The van der Waals surface area contributed by atoms with Crippen molar-refractivity contribution in [2.24, 2.45) is 7.05 Å². The fourth-order valence-electron chi connectivity index (χ4n) is 3.72. The summed E-state index contributed by atoms with van der Waals surface area (Å²) >= 11 is 3.54. The number of amides is 1. The number of hydrogen-bond donors (Lipinski definition) is 3. The predicted molar refractivity (Wildman–Crippen MR) is 123 cm³/mol. The molecule has 0 spiro atoms. The van der Waals surface area contributed by atoms with Crippen LogP contribution in [0.1, 0.15) is 24.5 Å². The summed E-state index contributed by atoms with van der Waals surface area (Å²) in [4.78, 5) is 12.6. The van der Waals surface area contributed by atoms with Crippen LogP contribution in [0.5, 0.6) is 5.75 Å². The van der Waals surface area contributed by atoms with Crippen molar-refractivity contribution in [1.82, 2.24) is 15.1 Å². The molecule has 0 bridgehead atoms. The summed E-state index contributed by atoms with van der Waals surface area (Å²) in [6, 6.07) is 10.5. The third kappa shape index (κ3) is 5.01. The first-order valence-corrected chi connectivity index (χ1v) is 11.2. The van der Waals surface area contributed by atoms with Crippen LogP contribution in [-0.2, 0) is 11.8 Å². The zero-order chi connectivity index (χ0) is 22.7. The molecule has 1 aromatic heterocycles. The Morgan fingerprint density at radius 3 is 2.78 bits per heavy atom. The molecule has 9 heteroatoms. The number of aliphatic hydroxyl groups excluding tert-OH is 1. The highest BCUT2D eigenvalue weighted by molar-refractivity contribution is 9.10. The van der Waals surface area contributed by atoms with Crippen LogP contribution in [0.2, 0.25) is 0 Å². The van der Waals surface area contributed by atoms with Gasteiger partial charge < -0.3 is 20.5 Å². The number of anilines is 1. The van der Waals surface area contributed by atoms with Gasteiger partial charge in [-0.15, -0.1) is 0 Å². The Morgan fingerprint density at radius 1 is 1.34 bits per heavy atom. The molecule has 0 saturated carbocycles. The van der Waals surface area contributed by atoms with E-state index in [4.69, 9.17) is 4.74 Å². The minimum atomic E-state index is -1.42. The van der Waals surface area contributed by atoms with Gasteiger partial charge in [0, 0.05) is 24.8 Å². The van der Waals surface area contributed by atoms with E-state index >= 15 is 0 Å². The van der Waals surface area contributed by atoms with Gasteiger partial charge in [0.2, 0.25) is 0 Å². The molecule has 2 atom stereocenters. The van der Waals surface area contributed by atoms with Crippen molar-refractivity contribution in [2.45, 2.75) is 25.0 Å². The second-order valence-corrected chi connectivity index (χ2v) is 8.56. The molecule has 4 rings (SSSR count). The third-order valence-electron chi connectivity index (χ3n) is 5.38. The van der Waals surface area contributed by atoms with E-state index in [1.807, 2.05) is 13.1 Å². The lowest BCUT2D eigenvalue weighted by molar-refractivity contribution is -0.124. The lowest BCUT2D eigenvalue weighted by Gasteiger charge is -2.25. The van der Waals surface area contributed by atoms with E-state index < -0.39 is 17.8 Å². The van der Waals surface area contributed by atoms with Gasteiger partial charge in [0.15, 0.2) is 6.10 Å². The Bertz CT molecular complexity index is 1080. The Hall–Kier alpha value is -2.75. The highest BCUT2D eigenvalue weighted by atomic mass is 79.9. The maximum absolute atomic E-state index is 13.1. The Morgan fingerprint density at radius 2 is 2.12 bits per heavy atom. The largest absolute Gasteiger partial charge is 0.488 e. The molecule has 168 valence electrons. The summed E-state index contributed by atoms with van der Waals surface area (Å²) < 4.78 is 21.9. The number of rotatable bonds is 6. The monoisotopic (exact) mass is 502 g/mol. The van der Waals surface area contributed by atoms with Crippen molar-refractivity contribution >= 4 is 27.5 Å². The average Bonchev–Trinajstić information content (AvgIpc) is 3.13. The standard InChI is InChI=1S/C23H24BrFN4O3/c1-29-21(19(24)13-27-29)18-11-16(8-9-20(18)32-17-3-2-10-26-12-17)28-23(31)22(30)14-4-6-15(25)7-5-14/h4-9,11,13,17,22,26,30H,2-3,10,12H2,1H3,(H,28,31). The zero-order valence-electron chi connectivity index (χ0n) is 17.5. The van der Waals surface area contributed by atoms with Gasteiger partial charge in [0.1, 0.15) is 17.7 Å². The topological polar surface area (TPSA) is 88.4 Å². The minimum Gasteiger partial charge on any atom is -0.488 e. The van der Waals surface area contributed by atoms with Crippen molar-refractivity contribution < 1.29 is 19.0 Å². The first-order chi connectivity index (χ1) is 15.4. The Kier molecular flexibility index (Phi) is 6.88. The van der Waals surface area contributed by atoms with E-state index in [-0.39, 0.29) is 6.10 Å². The van der Waals surface area contributed by atoms with Crippen molar-refractivity contribution in [2.75, 3.05) is 18.4 Å². The maximum atomic E-state index is 13.1. The molecule has 32 heavy (non-hydrogen) atoms. The van der Waals surface area contributed by atoms with Crippen LogP contribution in [0, 0.1) is 5.82 Å². The fraction of sp³-hybridized carbons (Fsp3) is 0.304. The maximum Gasteiger partial charge on any atom is 0.257 e. The van der Waals surface area contributed by atoms with E-state index in [9.17, 15) is 14.3 Å². The van der Waals surface area contributed by atoms with Gasteiger partial charge in [0.25, 0.3) is 5.91 Å². The van der Waals surface area contributed by atoms with Gasteiger partial charge in [-0.25, -0.2) is 4.39 Å². The number of aliphatic hydroxyl groups is 1. The normalized spacial score (nSPS) is 17.1. The van der Waals surface area contributed by atoms with Crippen LogP contribution < -0.4 is 15.4 Å². The molecule has 1 fully saturated rings. The number of hydrogen-bond acceptors (Lipinski definition) is 5. The van der Waals surface area contributed by atoms with Crippen molar-refractivity contribution in [1.29, 1.82) is 0 Å². The Labute approximate surface area is 193 Å². The second-order valence-electron chi connectivity index (χ2n) is 7.71. The fourth-order valence-corrected chi connectivity index (χ4v) is 4.28. The van der Waals surface area contributed by atoms with Crippen LogP contribution in [0.3, 0.4) is 0 Å². The summed E-state index contributed by atoms with van der Waals surface area (Å²) in [5, 5.41) is 20.7. The molecule has 1 aliphatic rings. The van der Waals surface area contributed by atoms with Crippen LogP contribution >= 0.6 is 15.9 Å². The van der Waals surface area contributed by atoms with Gasteiger partial charge in [0.05, 0.1) is 16.4 Å². The summed E-state index contributed by atoms with van der Waals surface area (Å²) in [5.41, 5.74) is 2.37. The molecule has 7 nitrogen and oxygen atoms in total. The number of aromatic nitrogens is 2. The number of aryl methyl sites for hydroxylation is 1. The number of carbonyl (C=O) groups is 1. The lowest BCUT2D eigenvalue weighted by atomic mass is 10.1. The minimum absolute atomic E-state index is 0.0512.